The Morgan fingerprint density at radius 3 is 2.52 bits per heavy atom. The van der Waals surface area contributed by atoms with Crippen LogP contribution in [0, 0.1) is 6.92 Å². The van der Waals surface area contributed by atoms with Gasteiger partial charge in [-0.25, -0.2) is 9.48 Å². The molecule has 3 aromatic rings. The van der Waals surface area contributed by atoms with Gasteiger partial charge in [0.25, 0.3) is 5.91 Å². The number of rotatable bonds is 8. The first-order valence-corrected chi connectivity index (χ1v) is 10.0. The smallest absolute Gasteiger partial charge is 0.407 e. The Balaban J connectivity index is 1.85. The predicted octanol–water partition coefficient (Wildman–Crippen LogP) is 3.33. The molecule has 8 heteroatoms. The molecule has 2 N–H and O–H groups in total. The molecule has 2 amide bonds. The first-order chi connectivity index (χ1) is 15.0. The summed E-state index contributed by atoms with van der Waals surface area (Å²) in [6.07, 6.45) is 1.19. The molecule has 0 radical (unpaired) electrons. The Morgan fingerprint density at radius 2 is 1.81 bits per heavy atom. The molecule has 0 atom stereocenters. The Bertz CT molecular complexity index is 1040. The summed E-state index contributed by atoms with van der Waals surface area (Å²) >= 11 is 0. The topological polar surface area (TPSA) is 94.5 Å². The van der Waals surface area contributed by atoms with Gasteiger partial charge in [-0.05, 0) is 38.1 Å². The Kier molecular flexibility index (Phi) is 7.26. The van der Waals surface area contributed by atoms with Gasteiger partial charge in [0.05, 0.1) is 25.0 Å². The number of alkyl carbamates (subject to hydrolysis) is 1. The summed E-state index contributed by atoms with van der Waals surface area (Å²) < 4.78 is 11.8. The average Bonchev–Trinajstić information content (AvgIpc) is 3.23. The fraction of sp³-hybridized carbons (Fsp3) is 0.261. The highest BCUT2D eigenvalue weighted by Gasteiger charge is 2.19. The van der Waals surface area contributed by atoms with Crippen LogP contribution in [-0.4, -0.2) is 48.6 Å². The lowest BCUT2D eigenvalue weighted by Crippen LogP contribution is -2.35. The molecule has 0 spiro atoms. The summed E-state index contributed by atoms with van der Waals surface area (Å²) in [4.78, 5) is 24.3. The van der Waals surface area contributed by atoms with Crippen LogP contribution in [0.3, 0.4) is 0 Å². The molecule has 0 saturated heterocycles. The van der Waals surface area contributed by atoms with E-state index in [1.807, 2.05) is 55.5 Å². The molecule has 0 bridgehead atoms. The number of amides is 2. The second-order valence-corrected chi connectivity index (χ2v) is 6.81. The molecule has 3 rings (SSSR count). The van der Waals surface area contributed by atoms with Gasteiger partial charge in [-0.1, -0.05) is 29.8 Å². The van der Waals surface area contributed by atoms with Crippen LogP contribution in [0.15, 0.2) is 54.7 Å². The number of nitrogens with one attached hydrogen (secondary N) is 2. The van der Waals surface area contributed by atoms with Crippen molar-refractivity contribution < 1.29 is 19.1 Å². The van der Waals surface area contributed by atoms with Gasteiger partial charge in [-0.15, -0.1) is 0 Å². The number of aromatic nitrogens is 2. The van der Waals surface area contributed by atoms with Crippen LogP contribution in [0.25, 0.3) is 16.9 Å². The highest BCUT2D eigenvalue weighted by molar-refractivity contribution is 6.00. The maximum Gasteiger partial charge on any atom is 0.407 e. The van der Waals surface area contributed by atoms with Crippen molar-refractivity contribution in [3.05, 3.63) is 65.9 Å². The molecule has 0 aliphatic rings. The van der Waals surface area contributed by atoms with Gasteiger partial charge in [0.15, 0.2) is 0 Å². The number of benzene rings is 2. The molecular weight excluding hydrogens is 396 g/mol. The van der Waals surface area contributed by atoms with E-state index in [-0.39, 0.29) is 19.0 Å². The molecular formula is C23H26N4O4. The van der Waals surface area contributed by atoms with Crippen LogP contribution < -0.4 is 15.4 Å². The average molecular weight is 422 g/mol. The lowest BCUT2D eigenvalue weighted by atomic mass is 10.1. The number of nitrogens with zero attached hydrogens (tertiary/aromatic N) is 2. The molecule has 2 aromatic carbocycles. The standard InChI is InChI=1S/C23H26N4O4/c1-4-31-23(29)25-13-12-24-22(28)20-15-27(18-10-8-16(2)9-11-18)26-21(20)17-6-5-7-19(14-17)30-3/h5-11,14-15H,4,12-13H2,1-3H3,(H,24,28)(H,25,29). The van der Waals surface area contributed by atoms with Crippen LogP contribution >= 0.6 is 0 Å². The highest BCUT2D eigenvalue weighted by Crippen LogP contribution is 2.27. The van der Waals surface area contributed by atoms with E-state index >= 15 is 0 Å². The number of methoxy groups -OCH3 is 1. The van der Waals surface area contributed by atoms with E-state index in [4.69, 9.17) is 9.47 Å². The van der Waals surface area contributed by atoms with E-state index in [2.05, 4.69) is 15.7 Å². The summed E-state index contributed by atoms with van der Waals surface area (Å²) in [6.45, 7) is 4.54. The van der Waals surface area contributed by atoms with E-state index in [1.165, 1.54) is 0 Å². The van der Waals surface area contributed by atoms with Crippen molar-refractivity contribution in [1.29, 1.82) is 0 Å². The lowest BCUT2D eigenvalue weighted by Gasteiger charge is -2.07. The summed E-state index contributed by atoms with van der Waals surface area (Å²) in [5.41, 5.74) is 3.70. The monoisotopic (exact) mass is 422 g/mol. The fourth-order valence-corrected chi connectivity index (χ4v) is 2.97. The van der Waals surface area contributed by atoms with Crippen LogP contribution in [0.2, 0.25) is 0 Å². The second kappa shape index (κ2) is 10.3. The maximum atomic E-state index is 12.9. The molecule has 0 aliphatic carbocycles. The lowest BCUT2D eigenvalue weighted by molar-refractivity contribution is 0.0953. The van der Waals surface area contributed by atoms with E-state index in [0.717, 1.165) is 16.8 Å². The first kappa shape index (κ1) is 21.9. The molecule has 0 unspecified atom stereocenters. The predicted molar refractivity (Wildman–Crippen MR) is 118 cm³/mol. The van der Waals surface area contributed by atoms with Gasteiger partial charge in [-0.2, -0.15) is 5.10 Å². The number of carbonyl (C=O) groups excluding carboxylic acids is 2. The van der Waals surface area contributed by atoms with E-state index in [9.17, 15) is 9.59 Å². The largest absolute Gasteiger partial charge is 0.497 e. The van der Waals surface area contributed by atoms with E-state index < -0.39 is 6.09 Å². The number of carbonyl (C=O) groups is 2. The third-order valence-corrected chi connectivity index (χ3v) is 4.56. The van der Waals surface area contributed by atoms with Crippen molar-refractivity contribution in [1.82, 2.24) is 20.4 Å². The molecule has 1 aromatic heterocycles. The van der Waals surface area contributed by atoms with Gasteiger partial charge in [-0.3, -0.25) is 4.79 Å². The summed E-state index contributed by atoms with van der Waals surface area (Å²) in [6, 6.07) is 15.3. The first-order valence-electron chi connectivity index (χ1n) is 10.0. The van der Waals surface area contributed by atoms with E-state index in [0.29, 0.717) is 23.6 Å². The zero-order chi connectivity index (χ0) is 22.2. The van der Waals surface area contributed by atoms with Crippen LogP contribution in [0.4, 0.5) is 4.79 Å². The van der Waals surface area contributed by atoms with E-state index in [1.54, 1.807) is 24.9 Å². The highest BCUT2D eigenvalue weighted by atomic mass is 16.5. The normalized spacial score (nSPS) is 10.4. The summed E-state index contributed by atoms with van der Waals surface area (Å²) in [7, 11) is 1.59. The van der Waals surface area contributed by atoms with Crippen LogP contribution in [0.1, 0.15) is 22.8 Å². The van der Waals surface area contributed by atoms with Crippen molar-refractivity contribution >= 4 is 12.0 Å². The van der Waals surface area contributed by atoms with Crippen molar-refractivity contribution in [2.45, 2.75) is 13.8 Å². The minimum absolute atomic E-state index is 0.255. The van der Waals surface area contributed by atoms with Crippen LogP contribution in [0.5, 0.6) is 5.75 Å². The fourth-order valence-electron chi connectivity index (χ4n) is 2.97. The number of hydrogen-bond donors (Lipinski definition) is 2. The van der Waals surface area contributed by atoms with Crippen molar-refractivity contribution in [2.75, 3.05) is 26.8 Å². The molecule has 1 heterocycles. The zero-order valence-electron chi connectivity index (χ0n) is 17.8. The molecule has 31 heavy (non-hydrogen) atoms. The SMILES string of the molecule is CCOC(=O)NCCNC(=O)c1cn(-c2ccc(C)cc2)nc1-c1cccc(OC)c1. The summed E-state index contributed by atoms with van der Waals surface area (Å²) in [5.74, 6) is 0.384. The van der Waals surface area contributed by atoms with Gasteiger partial charge >= 0.3 is 6.09 Å². The second-order valence-electron chi connectivity index (χ2n) is 6.81. The summed E-state index contributed by atoms with van der Waals surface area (Å²) in [5, 5.41) is 10.1. The van der Waals surface area contributed by atoms with Crippen molar-refractivity contribution in [3.8, 4) is 22.7 Å². The van der Waals surface area contributed by atoms with Crippen LogP contribution in [-0.2, 0) is 4.74 Å². The molecule has 162 valence electrons. The zero-order valence-corrected chi connectivity index (χ0v) is 17.8. The molecule has 0 aliphatic heterocycles. The van der Waals surface area contributed by atoms with Crippen molar-refractivity contribution in [2.24, 2.45) is 0 Å². The number of aryl methyl sites for hydroxylation is 1. The third kappa shape index (κ3) is 5.63. The van der Waals surface area contributed by atoms with Gasteiger partial charge in [0.1, 0.15) is 11.4 Å². The van der Waals surface area contributed by atoms with Crippen molar-refractivity contribution in [3.63, 3.8) is 0 Å². The molecule has 0 fully saturated rings. The molecule has 0 saturated carbocycles. The van der Waals surface area contributed by atoms with Gasteiger partial charge in [0.2, 0.25) is 0 Å². The van der Waals surface area contributed by atoms with Gasteiger partial charge in [0, 0.05) is 24.8 Å². The molecule has 8 nitrogen and oxygen atoms in total. The Hall–Kier alpha value is -3.81. The maximum absolute atomic E-state index is 12.9. The number of ether oxygens (including phenoxy) is 2. The third-order valence-electron chi connectivity index (χ3n) is 4.56. The minimum Gasteiger partial charge on any atom is -0.497 e. The van der Waals surface area contributed by atoms with Gasteiger partial charge < -0.3 is 20.1 Å². The Morgan fingerprint density at radius 1 is 1.06 bits per heavy atom. The Labute approximate surface area is 181 Å². The minimum atomic E-state index is -0.513. The quantitative estimate of drug-likeness (QED) is 0.543. The number of hydrogen-bond acceptors (Lipinski definition) is 5.